The Morgan fingerprint density at radius 1 is 1.64 bits per heavy atom. The molecule has 0 aromatic rings. The zero-order valence-corrected chi connectivity index (χ0v) is 7.79. The van der Waals surface area contributed by atoms with Crippen LogP contribution in [-0.2, 0) is 0 Å². The molecule has 1 saturated carbocycles. The highest BCUT2D eigenvalue weighted by Crippen LogP contribution is 2.30. The largest absolute Gasteiger partial charge is 0.392 e. The van der Waals surface area contributed by atoms with Crippen molar-refractivity contribution < 1.29 is 0 Å². The fourth-order valence-corrected chi connectivity index (χ4v) is 2.00. The van der Waals surface area contributed by atoms with Gasteiger partial charge in [-0.05, 0) is 18.8 Å². The van der Waals surface area contributed by atoms with Gasteiger partial charge in [-0.15, -0.1) is 0 Å². The minimum absolute atomic E-state index is 0.340. The molecule has 0 saturated heterocycles. The van der Waals surface area contributed by atoms with E-state index >= 15 is 0 Å². The molecular weight excluding hydrogens is 156 g/mol. The van der Waals surface area contributed by atoms with Crippen LogP contribution in [-0.4, -0.2) is 10.5 Å². The summed E-state index contributed by atoms with van der Waals surface area (Å²) in [6.07, 6.45) is 4.35. The third-order valence-electron chi connectivity index (χ3n) is 2.52. The molecule has 0 heterocycles. The lowest BCUT2D eigenvalue weighted by Crippen LogP contribution is -2.53. The molecule has 0 aliphatic heterocycles. The van der Waals surface area contributed by atoms with E-state index in [1.165, 1.54) is 6.42 Å². The lowest BCUT2D eigenvalue weighted by molar-refractivity contribution is 0.301. The van der Waals surface area contributed by atoms with Gasteiger partial charge in [-0.25, -0.2) is 0 Å². The summed E-state index contributed by atoms with van der Waals surface area (Å²) in [5, 5.41) is 0. The second-order valence-electron chi connectivity index (χ2n) is 3.72. The van der Waals surface area contributed by atoms with Gasteiger partial charge >= 0.3 is 0 Å². The molecular formula is C8H16N2S. The highest BCUT2D eigenvalue weighted by Gasteiger charge is 2.33. The van der Waals surface area contributed by atoms with Crippen LogP contribution in [0.4, 0.5) is 0 Å². The van der Waals surface area contributed by atoms with Crippen molar-refractivity contribution in [2.24, 2.45) is 17.4 Å². The molecule has 0 aromatic heterocycles. The van der Waals surface area contributed by atoms with Gasteiger partial charge < -0.3 is 11.5 Å². The lowest BCUT2D eigenvalue weighted by atomic mass is 9.77. The summed E-state index contributed by atoms with van der Waals surface area (Å²) < 4.78 is 0. The molecule has 64 valence electrons. The fraction of sp³-hybridized carbons (Fsp3) is 0.875. The van der Waals surface area contributed by atoms with E-state index in [1.54, 1.807) is 0 Å². The fourth-order valence-electron chi connectivity index (χ4n) is 1.82. The predicted molar refractivity (Wildman–Crippen MR) is 51.3 cm³/mol. The van der Waals surface area contributed by atoms with Gasteiger partial charge in [0.2, 0.25) is 0 Å². The van der Waals surface area contributed by atoms with Gasteiger partial charge in [0.05, 0.1) is 10.5 Å². The highest BCUT2D eigenvalue weighted by atomic mass is 32.1. The zero-order valence-electron chi connectivity index (χ0n) is 6.97. The summed E-state index contributed by atoms with van der Waals surface area (Å²) in [5.41, 5.74) is 11.3. The molecule has 2 nitrogen and oxygen atoms in total. The molecule has 0 bridgehead atoms. The Bertz CT molecular complexity index is 169. The first-order chi connectivity index (χ1) is 5.04. The van der Waals surface area contributed by atoms with Crippen molar-refractivity contribution in [3.8, 4) is 0 Å². The molecule has 11 heavy (non-hydrogen) atoms. The third kappa shape index (κ3) is 1.91. The monoisotopic (exact) mass is 172 g/mol. The van der Waals surface area contributed by atoms with Crippen molar-refractivity contribution in [3.05, 3.63) is 0 Å². The Balaban J connectivity index is 2.63. The third-order valence-corrected chi connectivity index (χ3v) is 2.93. The Labute approximate surface area is 73.3 Å². The van der Waals surface area contributed by atoms with E-state index in [2.05, 4.69) is 6.92 Å². The molecule has 0 spiro atoms. The van der Waals surface area contributed by atoms with E-state index < -0.39 is 0 Å². The topological polar surface area (TPSA) is 52.0 Å². The minimum atomic E-state index is -0.340. The molecule has 1 fully saturated rings. The quantitative estimate of drug-likeness (QED) is 0.584. The van der Waals surface area contributed by atoms with Crippen LogP contribution in [0.1, 0.15) is 32.6 Å². The molecule has 2 unspecified atom stereocenters. The van der Waals surface area contributed by atoms with Crippen LogP contribution in [0.2, 0.25) is 0 Å². The molecule has 0 aromatic carbocycles. The maximum Gasteiger partial charge on any atom is 0.0929 e. The van der Waals surface area contributed by atoms with E-state index in [-0.39, 0.29) is 5.54 Å². The van der Waals surface area contributed by atoms with Crippen molar-refractivity contribution in [1.82, 2.24) is 0 Å². The minimum Gasteiger partial charge on any atom is -0.392 e. The molecule has 1 aliphatic rings. The lowest BCUT2D eigenvalue weighted by Gasteiger charge is -2.35. The predicted octanol–water partition coefficient (Wildman–Crippen LogP) is 1.18. The molecule has 0 radical (unpaired) electrons. The van der Waals surface area contributed by atoms with Crippen molar-refractivity contribution in [3.63, 3.8) is 0 Å². The number of hydrogen-bond acceptors (Lipinski definition) is 2. The van der Waals surface area contributed by atoms with E-state index in [4.69, 9.17) is 23.7 Å². The van der Waals surface area contributed by atoms with Crippen molar-refractivity contribution in [2.45, 2.75) is 38.1 Å². The normalized spacial score (nSPS) is 38.5. The number of rotatable bonds is 1. The molecule has 1 aliphatic carbocycles. The molecule has 2 atom stereocenters. The van der Waals surface area contributed by atoms with E-state index in [1.807, 2.05) is 0 Å². The van der Waals surface area contributed by atoms with E-state index in [0.29, 0.717) is 10.9 Å². The van der Waals surface area contributed by atoms with Crippen molar-refractivity contribution >= 4 is 17.2 Å². The highest BCUT2D eigenvalue weighted by molar-refractivity contribution is 7.80. The van der Waals surface area contributed by atoms with Crippen LogP contribution in [0.5, 0.6) is 0 Å². The van der Waals surface area contributed by atoms with Gasteiger partial charge in [-0.3, -0.25) is 0 Å². The number of nitrogens with two attached hydrogens (primary N) is 2. The second-order valence-corrected chi connectivity index (χ2v) is 4.16. The second kappa shape index (κ2) is 3.07. The van der Waals surface area contributed by atoms with Crippen LogP contribution >= 0.6 is 12.2 Å². The first-order valence-corrected chi connectivity index (χ1v) is 4.54. The van der Waals surface area contributed by atoms with Gasteiger partial charge in [0.15, 0.2) is 0 Å². The maximum atomic E-state index is 6.03. The van der Waals surface area contributed by atoms with E-state index in [0.717, 1.165) is 19.3 Å². The van der Waals surface area contributed by atoms with Gasteiger partial charge in [0, 0.05) is 0 Å². The Morgan fingerprint density at radius 3 is 2.64 bits per heavy atom. The molecule has 1 rings (SSSR count). The van der Waals surface area contributed by atoms with Crippen LogP contribution in [0, 0.1) is 5.92 Å². The summed E-state index contributed by atoms with van der Waals surface area (Å²) >= 11 is 4.93. The number of thiocarbonyl (C=S) groups is 1. The standard InChI is InChI=1S/C8H16N2S/c1-6-3-2-4-8(10,5-6)7(9)11/h6H,2-5,10H2,1H3,(H2,9,11). The van der Waals surface area contributed by atoms with Gasteiger partial charge in [0.1, 0.15) is 0 Å². The Morgan fingerprint density at radius 2 is 2.27 bits per heavy atom. The first kappa shape index (κ1) is 8.94. The van der Waals surface area contributed by atoms with Crippen molar-refractivity contribution in [2.75, 3.05) is 0 Å². The van der Waals surface area contributed by atoms with Crippen LogP contribution in [0.3, 0.4) is 0 Å². The summed E-state index contributed by atoms with van der Waals surface area (Å²) in [5.74, 6) is 0.676. The molecule has 3 heteroatoms. The summed E-state index contributed by atoms with van der Waals surface area (Å²) in [7, 11) is 0. The Kier molecular flexibility index (Phi) is 2.50. The van der Waals surface area contributed by atoms with Crippen LogP contribution < -0.4 is 11.5 Å². The Hall–Kier alpha value is -0.150. The van der Waals surface area contributed by atoms with Crippen LogP contribution in [0.15, 0.2) is 0 Å². The molecule has 4 N–H and O–H groups in total. The van der Waals surface area contributed by atoms with Crippen LogP contribution in [0.25, 0.3) is 0 Å². The zero-order chi connectivity index (χ0) is 8.48. The maximum absolute atomic E-state index is 6.03. The first-order valence-electron chi connectivity index (χ1n) is 4.13. The van der Waals surface area contributed by atoms with Gasteiger partial charge in [-0.1, -0.05) is 32.0 Å². The average molecular weight is 172 g/mol. The average Bonchev–Trinajstić information content (AvgIpc) is 1.86. The summed E-state index contributed by atoms with van der Waals surface area (Å²) in [4.78, 5) is 0.490. The smallest absolute Gasteiger partial charge is 0.0929 e. The molecule has 0 amide bonds. The summed E-state index contributed by atoms with van der Waals surface area (Å²) in [6.45, 7) is 2.21. The van der Waals surface area contributed by atoms with Gasteiger partial charge in [0.25, 0.3) is 0 Å². The van der Waals surface area contributed by atoms with Gasteiger partial charge in [-0.2, -0.15) is 0 Å². The van der Waals surface area contributed by atoms with Crippen molar-refractivity contribution in [1.29, 1.82) is 0 Å². The van der Waals surface area contributed by atoms with E-state index in [9.17, 15) is 0 Å². The SMILES string of the molecule is CC1CCCC(N)(C(N)=S)C1. The number of hydrogen-bond donors (Lipinski definition) is 2. The summed E-state index contributed by atoms with van der Waals surface area (Å²) in [6, 6.07) is 0.